The summed E-state index contributed by atoms with van der Waals surface area (Å²) in [6, 6.07) is 0.530. The summed E-state index contributed by atoms with van der Waals surface area (Å²) in [5, 5.41) is 0. The first kappa shape index (κ1) is 11.0. The third kappa shape index (κ3) is 2.68. The van der Waals surface area contributed by atoms with E-state index in [-0.39, 0.29) is 0 Å². The minimum absolute atomic E-state index is 0.530. The van der Waals surface area contributed by atoms with Crippen LogP contribution in [-0.4, -0.2) is 6.04 Å². The molecule has 2 atom stereocenters. The van der Waals surface area contributed by atoms with E-state index in [1.165, 1.54) is 25.7 Å². The van der Waals surface area contributed by atoms with Crippen LogP contribution in [0.5, 0.6) is 0 Å². The van der Waals surface area contributed by atoms with E-state index in [0.717, 1.165) is 17.8 Å². The Morgan fingerprint density at radius 1 is 1.31 bits per heavy atom. The first-order chi connectivity index (χ1) is 6.24. The minimum Gasteiger partial charge on any atom is -0.271 e. The van der Waals surface area contributed by atoms with Crippen molar-refractivity contribution in [3.63, 3.8) is 0 Å². The van der Waals surface area contributed by atoms with Crippen molar-refractivity contribution in [1.29, 1.82) is 0 Å². The molecule has 1 saturated carbocycles. The summed E-state index contributed by atoms with van der Waals surface area (Å²) in [6.07, 6.45) is 5.31. The number of nitrogens with one attached hydrogen (secondary N) is 1. The molecule has 2 heteroatoms. The topological polar surface area (TPSA) is 38.0 Å². The standard InChI is InChI=1S/C11H24N2/c1-4-9(5-2)11(13-12)8(3)10-6-7-10/h8-11,13H,4-7,12H2,1-3H3. The van der Waals surface area contributed by atoms with Crippen molar-refractivity contribution in [2.24, 2.45) is 23.6 Å². The molecule has 0 spiro atoms. The molecule has 0 heterocycles. The van der Waals surface area contributed by atoms with E-state index in [2.05, 4.69) is 26.2 Å². The Morgan fingerprint density at radius 2 is 1.85 bits per heavy atom. The van der Waals surface area contributed by atoms with Crippen molar-refractivity contribution in [2.45, 2.75) is 52.5 Å². The Kier molecular flexibility index (Phi) is 4.20. The largest absolute Gasteiger partial charge is 0.271 e. The molecule has 13 heavy (non-hydrogen) atoms. The van der Waals surface area contributed by atoms with Gasteiger partial charge in [-0.25, -0.2) is 0 Å². The van der Waals surface area contributed by atoms with E-state index in [0.29, 0.717) is 6.04 Å². The van der Waals surface area contributed by atoms with Gasteiger partial charge >= 0.3 is 0 Å². The molecule has 0 aromatic carbocycles. The predicted molar refractivity (Wildman–Crippen MR) is 57.1 cm³/mol. The molecule has 0 aromatic rings. The highest BCUT2D eigenvalue weighted by molar-refractivity contribution is 4.88. The van der Waals surface area contributed by atoms with Gasteiger partial charge in [-0.15, -0.1) is 0 Å². The van der Waals surface area contributed by atoms with Gasteiger partial charge in [-0.1, -0.05) is 33.6 Å². The predicted octanol–water partition coefficient (Wildman–Crippen LogP) is 2.30. The number of hydrogen-bond donors (Lipinski definition) is 2. The Morgan fingerprint density at radius 3 is 2.15 bits per heavy atom. The zero-order valence-corrected chi connectivity index (χ0v) is 9.22. The monoisotopic (exact) mass is 184 g/mol. The molecule has 0 aromatic heterocycles. The summed E-state index contributed by atoms with van der Waals surface area (Å²) in [5.41, 5.74) is 3.03. The molecular formula is C11H24N2. The lowest BCUT2D eigenvalue weighted by molar-refractivity contribution is 0.239. The SMILES string of the molecule is CCC(CC)C(NN)C(C)C1CC1. The van der Waals surface area contributed by atoms with Crippen molar-refractivity contribution >= 4 is 0 Å². The van der Waals surface area contributed by atoms with Crippen molar-refractivity contribution in [3.05, 3.63) is 0 Å². The van der Waals surface area contributed by atoms with E-state index in [1.807, 2.05) is 0 Å². The molecule has 1 fully saturated rings. The summed E-state index contributed by atoms with van der Waals surface area (Å²) in [6.45, 7) is 6.87. The van der Waals surface area contributed by atoms with Crippen molar-refractivity contribution in [1.82, 2.24) is 5.43 Å². The van der Waals surface area contributed by atoms with Crippen LogP contribution in [0.4, 0.5) is 0 Å². The number of hydrazine groups is 1. The second-order valence-electron chi connectivity index (χ2n) is 4.47. The second-order valence-corrected chi connectivity index (χ2v) is 4.47. The Balaban J connectivity index is 2.47. The van der Waals surface area contributed by atoms with Gasteiger partial charge in [0.2, 0.25) is 0 Å². The molecule has 0 bridgehead atoms. The smallest absolute Gasteiger partial charge is 0.0266 e. The molecule has 2 unspecified atom stereocenters. The number of rotatable bonds is 6. The van der Waals surface area contributed by atoms with Gasteiger partial charge in [-0.05, 0) is 30.6 Å². The molecule has 2 nitrogen and oxygen atoms in total. The van der Waals surface area contributed by atoms with Crippen molar-refractivity contribution in [3.8, 4) is 0 Å². The molecule has 78 valence electrons. The first-order valence-electron chi connectivity index (χ1n) is 5.70. The summed E-state index contributed by atoms with van der Waals surface area (Å²) in [5.74, 6) is 8.10. The lowest BCUT2D eigenvalue weighted by Gasteiger charge is -2.30. The lowest BCUT2D eigenvalue weighted by atomic mass is 9.84. The summed E-state index contributed by atoms with van der Waals surface area (Å²) < 4.78 is 0. The molecule has 3 N–H and O–H groups in total. The van der Waals surface area contributed by atoms with Gasteiger partial charge < -0.3 is 0 Å². The average Bonchev–Trinajstić information content (AvgIpc) is 2.96. The highest BCUT2D eigenvalue weighted by atomic mass is 15.2. The highest BCUT2D eigenvalue weighted by Gasteiger charge is 2.35. The fourth-order valence-electron chi connectivity index (χ4n) is 2.43. The summed E-state index contributed by atoms with van der Waals surface area (Å²) in [4.78, 5) is 0. The van der Waals surface area contributed by atoms with Crippen LogP contribution in [0.3, 0.4) is 0 Å². The minimum atomic E-state index is 0.530. The molecule has 0 amide bonds. The summed E-state index contributed by atoms with van der Waals surface area (Å²) in [7, 11) is 0. The van der Waals surface area contributed by atoms with Crippen LogP contribution in [0.2, 0.25) is 0 Å². The molecule has 0 saturated heterocycles. The van der Waals surface area contributed by atoms with Gasteiger partial charge in [0.05, 0.1) is 0 Å². The Hall–Kier alpha value is -0.0800. The highest BCUT2D eigenvalue weighted by Crippen LogP contribution is 2.40. The molecular weight excluding hydrogens is 160 g/mol. The zero-order valence-electron chi connectivity index (χ0n) is 9.22. The fraction of sp³-hybridized carbons (Fsp3) is 1.00. The van der Waals surface area contributed by atoms with Crippen LogP contribution < -0.4 is 11.3 Å². The molecule has 1 aliphatic rings. The maximum atomic E-state index is 5.64. The van der Waals surface area contributed by atoms with Gasteiger partial charge in [0.25, 0.3) is 0 Å². The van der Waals surface area contributed by atoms with E-state index in [4.69, 9.17) is 5.84 Å². The van der Waals surface area contributed by atoms with Crippen LogP contribution in [0, 0.1) is 17.8 Å². The van der Waals surface area contributed by atoms with E-state index in [1.54, 1.807) is 0 Å². The maximum absolute atomic E-state index is 5.64. The Bertz CT molecular complexity index is 137. The van der Waals surface area contributed by atoms with Crippen LogP contribution in [-0.2, 0) is 0 Å². The van der Waals surface area contributed by atoms with Gasteiger partial charge in [-0.2, -0.15) is 0 Å². The van der Waals surface area contributed by atoms with Crippen LogP contribution in [0.1, 0.15) is 46.5 Å². The molecule has 1 rings (SSSR count). The third-order valence-electron chi connectivity index (χ3n) is 3.68. The molecule has 0 aliphatic heterocycles. The van der Waals surface area contributed by atoms with Gasteiger partial charge in [-0.3, -0.25) is 11.3 Å². The third-order valence-corrected chi connectivity index (χ3v) is 3.68. The molecule has 1 aliphatic carbocycles. The average molecular weight is 184 g/mol. The van der Waals surface area contributed by atoms with Crippen molar-refractivity contribution < 1.29 is 0 Å². The van der Waals surface area contributed by atoms with Crippen LogP contribution >= 0.6 is 0 Å². The molecule has 0 radical (unpaired) electrons. The first-order valence-corrected chi connectivity index (χ1v) is 5.70. The number of hydrogen-bond acceptors (Lipinski definition) is 2. The van der Waals surface area contributed by atoms with E-state index in [9.17, 15) is 0 Å². The normalized spacial score (nSPS) is 21.9. The van der Waals surface area contributed by atoms with Gasteiger partial charge in [0.15, 0.2) is 0 Å². The quantitative estimate of drug-likeness (QED) is 0.491. The fourth-order valence-corrected chi connectivity index (χ4v) is 2.43. The van der Waals surface area contributed by atoms with Crippen LogP contribution in [0.25, 0.3) is 0 Å². The van der Waals surface area contributed by atoms with Crippen molar-refractivity contribution in [2.75, 3.05) is 0 Å². The zero-order chi connectivity index (χ0) is 9.84. The Labute approximate surface area is 82.2 Å². The summed E-state index contributed by atoms with van der Waals surface area (Å²) >= 11 is 0. The van der Waals surface area contributed by atoms with E-state index >= 15 is 0 Å². The van der Waals surface area contributed by atoms with Crippen LogP contribution in [0.15, 0.2) is 0 Å². The number of nitrogens with two attached hydrogens (primary N) is 1. The van der Waals surface area contributed by atoms with E-state index < -0.39 is 0 Å². The second kappa shape index (κ2) is 4.97. The van der Waals surface area contributed by atoms with Gasteiger partial charge in [0.1, 0.15) is 0 Å². The lowest BCUT2D eigenvalue weighted by Crippen LogP contribution is -2.45. The maximum Gasteiger partial charge on any atom is 0.0266 e. The van der Waals surface area contributed by atoms with Gasteiger partial charge in [0, 0.05) is 6.04 Å².